The van der Waals surface area contributed by atoms with E-state index in [0.29, 0.717) is 22.4 Å². The Labute approximate surface area is 113 Å². The van der Waals surface area contributed by atoms with E-state index in [9.17, 15) is 13.9 Å². The van der Waals surface area contributed by atoms with Crippen molar-refractivity contribution in [2.75, 3.05) is 5.73 Å². The van der Waals surface area contributed by atoms with E-state index in [1.807, 2.05) is 0 Å². The van der Waals surface area contributed by atoms with E-state index >= 15 is 0 Å². The minimum absolute atomic E-state index is 0.00424. The third kappa shape index (κ3) is 2.04. The minimum Gasteiger partial charge on any atom is -0.460 e. The highest BCUT2D eigenvalue weighted by atomic mass is 19.3. The lowest BCUT2D eigenvalue weighted by molar-refractivity contribution is -0.0505. The van der Waals surface area contributed by atoms with Crippen LogP contribution in [0.2, 0.25) is 0 Å². The lowest BCUT2D eigenvalue weighted by Gasteiger charge is -2.26. The summed E-state index contributed by atoms with van der Waals surface area (Å²) in [6, 6.07) is 9.34. The normalized spacial score (nSPS) is 16.3. The molecule has 2 aromatic rings. The van der Waals surface area contributed by atoms with Gasteiger partial charge in [0.1, 0.15) is 11.5 Å². The van der Waals surface area contributed by atoms with Crippen molar-refractivity contribution in [1.82, 2.24) is 0 Å². The molecule has 1 aliphatic rings. The van der Waals surface area contributed by atoms with Crippen LogP contribution in [0.15, 0.2) is 36.4 Å². The molecule has 1 unspecified atom stereocenters. The van der Waals surface area contributed by atoms with E-state index in [1.165, 1.54) is 12.1 Å². The number of aliphatic hydroxyl groups excluding tert-OH is 1. The molecule has 1 heterocycles. The number of nitrogens with two attached hydrogens (primary N) is 1. The summed E-state index contributed by atoms with van der Waals surface area (Å²) < 4.78 is 34.8. The maximum Gasteiger partial charge on any atom is 0.387 e. The fourth-order valence-electron chi connectivity index (χ4n) is 2.27. The van der Waals surface area contributed by atoms with Crippen LogP contribution in [0, 0.1) is 0 Å². The first kappa shape index (κ1) is 12.7. The Morgan fingerprint density at radius 1 is 1.25 bits per heavy atom. The summed E-state index contributed by atoms with van der Waals surface area (Å²) in [5.41, 5.74) is 7.47. The van der Waals surface area contributed by atoms with Crippen molar-refractivity contribution in [1.29, 1.82) is 0 Å². The van der Waals surface area contributed by atoms with Gasteiger partial charge in [-0.05, 0) is 29.8 Å². The zero-order valence-electron chi connectivity index (χ0n) is 10.2. The van der Waals surface area contributed by atoms with Gasteiger partial charge in [0, 0.05) is 11.3 Å². The number of nitrogen functional groups attached to an aromatic ring is 1. The van der Waals surface area contributed by atoms with Crippen LogP contribution in [0.3, 0.4) is 0 Å². The van der Waals surface area contributed by atoms with Gasteiger partial charge in [-0.2, -0.15) is 8.78 Å². The summed E-state index contributed by atoms with van der Waals surface area (Å²) in [5, 5.41) is 9.94. The van der Waals surface area contributed by atoms with Gasteiger partial charge in [0.25, 0.3) is 0 Å². The molecule has 0 saturated carbocycles. The van der Waals surface area contributed by atoms with E-state index in [4.69, 9.17) is 10.5 Å². The fraction of sp³-hybridized carbons (Fsp3) is 0.143. The van der Waals surface area contributed by atoms with Gasteiger partial charge in [-0.25, -0.2) is 0 Å². The first-order valence-electron chi connectivity index (χ1n) is 5.88. The molecule has 1 atom stereocenters. The van der Waals surface area contributed by atoms with Crippen LogP contribution < -0.4 is 15.2 Å². The Bertz CT molecular complexity index is 661. The van der Waals surface area contributed by atoms with Gasteiger partial charge in [-0.3, -0.25) is 0 Å². The number of rotatable bonds is 2. The number of alkyl halides is 2. The van der Waals surface area contributed by atoms with Gasteiger partial charge in [-0.15, -0.1) is 0 Å². The summed E-state index contributed by atoms with van der Waals surface area (Å²) in [5.74, 6) is 0.281. The van der Waals surface area contributed by atoms with Crippen molar-refractivity contribution in [2.45, 2.75) is 12.9 Å². The number of hydrogen-bond acceptors (Lipinski definition) is 4. The highest BCUT2D eigenvalue weighted by Crippen LogP contribution is 2.47. The van der Waals surface area contributed by atoms with Crippen molar-refractivity contribution in [2.24, 2.45) is 0 Å². The van der Waals surface area contributed by atoms with Crippen molar-refractivity contribution >= 4 is 5.69 Å². The van der Waals surface area contributed by atoms with Crippen molar-refractivity contribution < 1.29 is 23.4 Å². The van der Waals surface area contributed by atoms with Crippen molar-refractivity contribution in [3.05, 3.63) is 42.0 Å². The minimum atomic E-state index is -2.94. The molecule has 3 rings (SSSR count). The lowest BCUT2D eigenvalue weighted by Crippen LogP contribution is -2.15. The molecule has 3 N–H and O–H groups in total. The number of anilines is 1. The van der Waals surface area contributed by atoms with Crippen LogP contribution in [0.1, 0.15) is 11.9 Å². The van der Waals surface area contributed by atoms with E-state index in [2.05, 4.69) is 4.74 Å². The molecule has 0 saturated heterocycles. The zero-order valence-corrected chi connectivity index (χ0v) is 10.2. The average molecular weight is 279 g/mol. The monoisotopic (exact) mass is 279 g/mol. The maximum absolute atomic E-state index is 12.5. The molecule has 104 valence electrons. The molecule has 2 aromatic carbocycles. The maximum atomic E-state index is 12.5. The quantitative estimate of drug-likeness (QED) is 0.830. The molecule has 4 nitrogen and oxygen atoms in total. The van der Waals surface area contributed by atoms with Gasteiger partial charge in [0.05, 0.1) is 5.56 Å². The highest BCUT2D eigenvalue weighted by molar-refractivity contribution is 5.82. The number of benzene rings is 2. The van der Waals surface area contributed by atoms with Crippen LogP contribution in [-0.2, 0) is 0 Å². The smallest absolute Gasteiger partial charge is 0.387 e. The number of hydrogen-bond donors (Lipinski definition) is 2. The first-order chi connectivity index (χ1) is 9.56. The van der Waals surface area contributed by atoms with Gasteiger partial charge < -0.3 is 20.3 Å². The number of halogens is 2. The van der Waals surface area contributed by atoms with E-state index in [-0.39, 0.29) is 11.5 Å². The summed E-state index contributed by atoms with van der Waals surface area (Å²) in [4.78, 5) is 0. The molecule has 0 radical (unpaired) electrons. The predicted octanol–water partition coefficient (Wildman–Crippen LogP) is 2.92. The molecule has 6 heteroatoms. The molecule has 20 heavy (non-hydrogen) atoms. The molecule has 0 bridgehead atoms. The Kier molecular flexibility index (Phi) is 2.94. The van der Waals surface area contributed by atoms with E-state index in [0.717, 1.165) is 0 Å². The van der Waals surface area contributed by atoms with Gasteiger partial charge >= 0.3 is 6.61 Å². The summed E-state index contributed by atoms with van der Waals surface area (Å²) in [6.07, 6.45) is -1.19. The van der Waals surface area contributed by atoms with E-state index in [1.54, 1.807) is 24.3 Å². The Hall–Kier alpha value is -2.34. The third-order valence-electron chi connectivity index (χ3n) is 3.05. The van der Waals surface area contributed by atoms with Crippen LogP contribution in [0.4, 0.5) is 14.5 Å². The van der Waals surface area contributed by atoms with Crippen LogP contribution in [0.5, 0.6) is 11.5 Å². The number of ether oxygens (including phenoxy) is 2. The van der Waals surface area contributed by atoms with Gasteiger partial charge in [-0.1, -0.05) is 12.1 Å². The van der Waals surface area contributed by atoms with Gasteiger partial charge in [0.2, 0.25) is 6.29 Å². The molecular formula is C14H11F2NO3. The van der Waals surface area contributed by atoms with E-state index < -0.39 is 12.9 Å². The van der Waals surface area contributed by atoms with Crippen molar-refractivity contribution in [3.63, 3.8) is 0 Å². The number of fused-ring (bicyclic) bond motifs is 3. The molecule has 0 aromatic heterocycles. The second kappa shape index (κ2) is 4.64. The van der Waals surface area contributed by atoms with Crippen LogP contribution >= 0.6 is 0 Å². The molecule has 0 aliphatic carbocycles. The molecule has 0 amide bonds. The molecule has 1 aliphatic heterocycles. The lowest BCUT2D eigenvalue weighted by atomic mass is 9.95. The summed E-state index contributed by atoms with van der Waals surface area (Å²) in [6.45, 7) is -2.94. The van der Waals surface area contributed by atoms with Crippen LogP contribution in [0.25, 0.3) is 11.1 Å². The first-order valence-corrected chi connectivity index (χ1v) is 5.88. The molecular weight excluding hydrogens is 268 g/mol. The average Bonchev–Trinajstić information content (AvgIpc) is 2.38. The summed E-state index contributed by atoms with van der Waals surface area (Å²) in [7, 11) is 0. The van der Waals surface area contributed by atoms with Crippen molar-refractivity contribution in [3.8, 4) is 22.6 Å². The Balaban J connectivity index is 2.21. The SMILES string of the molecule is Nc1ccc2c(c1)C(O)Oc1cccc(OC(F)F)c1-2. The predicted molar refractivity (Wildman–Crippen MR) is 68.5 cm³/mol. The van der Waals surface area contributed by atoms with Crippen LogP contribution in [-0.4, -0.2) is 11.7 Å². The Morgan fingerprint density at radius 3 is 2.80 bits per heavy atom. The fourth-order valence-corrected chi connectivity index (χ4v) is 2.27. The van der Waals surface area contributed by atoms with Gasteiger partial charge in [0.15, 0.2) is 0 Å². The largest absolute Gasteiger partial charge is 0.460 e. The Morgan fingerprint density at radius 2 is 2.05 bits per heavy atom. The molecule has 0 fully saturated rings. The zero-order chi connectivity index (χ0) is 14.3. The standard InChI is InChI=1S/C14H11F2NO3/c15-14(16)20-11-3-1-2-10-12(11)8-5-4-7(17)6-9(8)13(18)19-10/h1-6,13-14,18H,17H2. The second-order valence-corrected chi connectivity index (χ2v) is 4.32. The third-order valence-corrected chi connectivity index (χ3v) is 3.05. The topological polar surface area (TPSA) is 64.7 Å². The summed E-state index contributed by atoms with van der Waals surface area (Å²) >= 11 is 0. The highest BCUT2D eigenvalue weighted by Gasteiger charge is 2.28. The molecule has 0 spiro atoms. The second-order valence-electron chi connectivity index (χ2n) is 4.32. The number of aliphatic hydroxyl groups is 1.